The highest BCUT2D eigenvalue weighted by atomic mass is 28.4. The molecule has 2 atom stereocenters. The first-order valence-corrected chi connectivity index (χ1v) is 19.4. The standard InChI is InChI=1S/C38H51N3O2Si/c1-7-8-27-44(5,6)43-35(26-18-23-31-19-12-9-13-20-31)38(4,28-32-21-14-10-15-22-32)36(42)40-37-39-34(30(2)3)29-41(37)33-24-16-11-17-25-33/h9-17,19-22,24-25,29-30,35H,7-8,18,23,26-28H2,1-6H3,(H,39,40,42). The van der Waals surface area contributed by atoms with Gasteiger partial charge in [0.05, 0.1) is 17.2 Å². The van der Waals surface area contributed by atoms with Crippen LogP contribution in [0.3, 0.4) is 0 Å². The van der Waals surface area contributed by atoms with Crippen molar-refractivity contribution in [3.8, 4) is 5.69 Å². The van der Waals surface area contributed by atoms with Crippen LogP contribution in [0.5, 0.6) is 0 Å². The van der Waals surface area contributed by atoms with E-state index in [0.717, 1.165) is 55.1 Å². The predicted molar refractivity (Wildman–Crippen MR) is 186 cm³/mol. The molecule has 5 nitrogen and oxygen atoms in total. The van der Waals surface area contributed by atoms with Gasteiger partial charge in [0.1, 0.15) is 0 Å². The first-order chi connectivity index (χ1) is 21.1. The number of carbonyl (C=O) groups excluding carboxylic acids is 1. The van der Waals surface area contributed by atoms with Crippen LogP contribution in [-0.2, 0) is 22.1 Å². The Morgan fingerprint density at radius 2 is 1.50 bits per heavy atom. The molecule has 0 aliphatic carbocycles. The van der Waals surface area contributed by atoms with Crippen LogP contribution in [-0.4, -0.2) is 29.9 Å². The molecule has 2 unspecified atom stereocenters. The van der Waals surface area contributed by atoms with Gasteiger partial charge in [0.25, 0.3) is 0 Å². The second-order valence-corrected chi connectivity index (χ2v) is 17.5. The number of rotatable bonds is 16. The van der Waals surface area contributed by atoms with Crippen molar-refractivity contribution in [3.63, 3.8) is 0 Å². The lowest BCUT2D eigenvalue weighted by Crippen LogP contribution is -2.51. The van der Waals surface area contributed by atoms with Crippen LogP contribution < -0.4 is 5.32 Å². The van der Waals surface area contributed by atoms with Gasteiger partial charge in [-0.25, -0.2) is 4.98 Å². The summed E-state index contributed by atoms with van der Waals surface area (Å²) in [5.74, 6) is 0.727. The van der Waals surface area contributed by atoms with Crippen molar-refractivity contribution in [2.75, 3.05) is 5.32 Å². The monoisotopic (exact) mass is 609 g/mol. The van der Waals surface area contributed by atoms with Gasteiger partial charge in [0.15, 0.2) is 8.32 Å². The molecular weight excluding hydrogens is 559 g/mol. The SMILES string of the molecule is CCCC[Si](C)(C)OC(CCCc1ccccc1)C(C)(Cc1ccccc1)C(=O)Nc1nc(C(C)C)cn1-c1ccccc1. The second-order valence-electron chi connectivity index (χ2n) is 13.2. The van der Waals surface area contributed by atoms with E-state index in [1.807, 2.05) is 47.2 Å². The number of aromatic nitrogens is 2. The molecule has 44 heavy (non-hydrogen) atoms. The normalized spacial score (nSPS) is 13.9. The first kappa shape index (κ1) is 33.4. The average molecular weight is 610 g/mol. The van der Waals surface area contributed by atoms with Crippen LogP contribution in [0.25, 0.3) is 5.69 Å². The zero-order valence-corrected chi connectivity index (χ0v) is 28.6. The first-order valence-electron chi connectivity index (χ1n) is 16.3. The Balaban J connectivity index is 1.71. The molecule has 0 fully saturated rings. The number of hydrogen-bond acceptors (Lipinski definition) is 3. The quantitative estimate of drug-likeness (QED) is 0.129. The van der Waals surface area contributed by atoms with Crippen molar-refractivity contribution < 1.29 is 9.22 Å². The number of carbonyl (C=O) groups is 1. The number of anilines is 1. The molecule has 4 aromatic rings. The van der Waals surface area contributed by atoms with Crippen molar-refractivity contribution in [1.29, 1.82) is 0 Å². The molecule has 0 spiro atoms. The summed E-state index contributed by atoms with van der Waals surface area (Å²) >= 11 is 0. The maximum Gasteiger partial charge on any atom is 0.235 e. The largest absolute Gasteiger partial charge is 0.413 e. The zero-order chi connectivity index (χ0) is 31.6. The molecule has 4 rings (SSSR count). The Hall–Kier alpha value is -3.48. The number of aryl methyl sites for hydroxylation is 1. The highest BCUT2D eigenvalue weighted by Gasteiger charge is 2.45. The fourth-order valence-electron chi connectivity index (χ4n) is 5.85. The van der Waals surface area contributed by atoms with Crippen LogP contribution >= 0.6 is 0 Å². The lowest BCUT2D eigenvalue weighted by molar-refractivity contribution is -0.130. The highest BCUT2D eigenvalue weighted by molar-refractivity contribution is 6.71. The molecular formula is C38H51N3O2Si. The van der Waals surface area contributed by atoms with Gasteiger partial charge >= 0.3 is 0 Å². The van der Waals surface area contributed by atoms with Crippen LogP contribution in [0.15, 0.2) is 97.2 Å². The fraction of sp³-hybridized carbons (Fsp3) is 0.421. The summed E-state index contributed by atoms with van der Waals surface area (Å²) in [4.78, 5) is 19.7. The maximum absolute atomic E-state index is 14.7. The minimum Gasteiger partial charge on any atom is -0.413 e. The van der Waals surface area contributed by atoms with E-state index in [9.17, 15) is 4.79 Å². The molecule has 1 N–H and O–H groups in total. The number of nitrogens with one attached hydrogen (secondary N) is 1. The maximum atomic E-state index is 14.7. The van der Waals surface area contributed by atoms with Crippen molar-refractivity contribution in [3.05, 3.63) is 114 Å². The summed E-state index contributed by atoms with van der Waals surface area (Å²) in [5.41, 5.74) is 3.53. The van der Waals surface area contributed by atoms with E-state index < -0.39 is 13.7 Å². The number of nitrogens with zero attached hydrogens (tertiary/aromatic N) is 2. The van der Waals surface area contributed by atoms with Crippen LogP contribution in [0.4, 0.5) is 5.95 Å². The molecule has 1 amide bonds. The average Bonchev–Trinajstić information content (AvgIpc) is 3.45. The lowest BCUT2D eigenvalue weighted by Gasteiger charge is -2.41. The third-order valence-corrected chi connectivity index (χ3v) is 11.1. The van der Waals surface area contributed by atoms with Gasteiger partial charge in [0.2, 0.25) is 11.9 Å². The van der Waals surface area contributed by atoms with E-state index in [2.05, 4.69) is 101 Å². The smallest absolute Gasteiger partial charge is 0.235 e. The molecule has 1 aromatic heterocycles. The minimum atomic E-state index is -2.06. The molecule has 6 heteroatoms. The summed E-state index contributed by atoms with van der Waals surface area (Å²) < 4.78 is 9.18. The van der Waals surface area contributed by atoms with Gasteiger partial charge in [0, 0.05) is 11.9 Å². The predicted octanol–water partition coefficient (Wildman–Crippen LogP) is 9.60. The summed E-state index contributed by atoms with van der Waals surface area (Å²) in [6, 6.07) is 32.2. The summed E-state index contributed by atoms with van der Waals surface area (Å²) in [5, 5.41) is 3.31. The van der Waals surface area contributed by atoms with E-state index >= 15 is 0 Å². The Morgan fingerprint density at radius 1 is 0.909 bits per heavy atom. The van der Waals surface area contributed by atoms with Crippen molar-refractivity contribution in [2.45, 2.75) is 97.4 Å². The van der Waals surface area contributed by atoms with Crippen molar-refractivity contribution in [1.82, 2.24) is 9.55 Å². The summed E-state index contributed by atoms with van der Waals surface area (Å²) in [7, 11) is -2.06. The highest BCUT2D eigenvalue weighted by Crippen LogP contribution is 2.37. The Morgan fingerprint density at radius 3 is 2.09 bits per heavy atom. The van der Waals surface area contributed by atoms with Gasteiger partial charge in [-0.2, -0.15) is 0 Å². The molecule has 0 bridgehead atoms. The molecule has 0 aliphatic heterocycles. The topological polar surface area (TPSA) is 56.1 Å². The van der Waals surface area contributed by atoms with E-state index in [-0.39, 0.29) is 17.9 Å². The lowest BCUT2D eigenvalue weighted by atomic mass is 9.75. The van der Waals surface area contributed by atoms with Gasteiger partial charge in [-0.3, -0.25) is 14.7 Å². The molecule has 0 saturated carbocycles. The third-order valence-electron chi connectivity index (χ3n) is 8.59. The molecule has 0 aliphatic rings. The zero-order valence-electron chi connectivity index (χ0n) is 27.6. The molecule has 0 saturated heterocycles. The molecule has 3 aromatic carbocycles. The van der Waals surface area contributed by atoms with Gasteiger partial charge in [-0.15, -0.1) is 0 Å². The van der Waals surface area contributed by atoms with Crippen LogP contribution in [0, 0.1) is 5.41 Å². The van der Waals surface area contributed by atoms with E-state index in [0.29, 0.717) is 12.4 Å². The van der Waals surface area contributed by atoms with E-state index in [1.54, 1.807) is 0 Å². The van der Waals surface area contributed by atoms with E-state index in [1.165, 1.54) is 5.56 Å². The number of hydrogen-bond donors (Lipinski definition) is 1. The Labute approximate surface area is 266 Å². The Bertz CT molecular complexity index is 1440. The third kappa shape index (κ3) is 9.02. The number of para-hydroxylation sites is 1. The van der Waals surface area contributed by atoms with Crippen LogP contribution in [0.2, 0.25) is 19.1 Å². The molecule has 0 radical (unpaired) electrons. The van der Waals surface area contributed by atoms with Crippen molar-refractivity contribution in [2.24, 2.45) is 5.41 Å². The second kappa shape index (κ2) is 15.5. The molecule has 1 heterocycles. The number of amides is 1. The number of unbranched alkanes of at least 4 members (excludes halogenated alkanes) is 1. The van der Waals surface area contributed by atoms with Gasteiger partial charge in [-0.1, -0.05) is 112 Å². The minimum absolute atomic E-state index is 0.0514. The van der Waals surface area contributed by atoms with Gasteiger partial charge < -0.3 is 4.43 Å². The van der Waals surface area contributed by atoms with Crippen LogP contribution in [0.1, 0.15) is 76.1 Å². The Kier molecular flexibility index (Phi) is 11.8. The summed E-state index contributed by atoms with van der Waals surface area (Å²) in [6.45, 7) is 13.2. The summed E-state index contributed by atoms with van der Waals surface area (Å²) in [6.07, 6.45) is 7.37. The van der Waals surface area contributed by atoms with E-state index in [4.69, 9.17) is 9.41 Å². The van der Waals surface area contributed by atoms with Gasteiger partial charge in [-0.05, 0) is 80.9 Å². The molecule has 234 valence electrons. The fourth-order valence-corrected chi connectivity index (χ4v) is 8.32. The number of benzene rings is 3. The van der Waals surface area contributed by atoms with Crippen molar-refractivity contribution >= 4 is 20.2 Å². The number of imidazole rings is 1.